The maximum Gasteiger partial charge on any atom is 2.00 e. The summed E-state index contributed by atoms with van der Waals surface area (Å²) < 4.78 is 85.7. The number of aromatic nitrogens is 1. The molecule has 2 radical (unpaired) electrons. The fourth-order valence-corrected chi connectivity index (χ4v) is 4.26. The topological polar surface area (TPSA) is 270 Å². The summed E-state index contributed by atoms with van der Waals surface area (Å²) in [7, 11) is -9.89. The van der Waals surface area contributed by atoms with Crippen LogP contribution in [0.25, 0.3) is 0 Å². The monoisotopic (exact) mass is 923 g/mol. The van der Waals surface area contributed by atoms with Crippen LogP contribution in [-0.2, 0) is 27.3 Å². The minimum Gasteiger partial charge on any atom is -0.398 e. The summed E-state index contributed by atoms with van der Waals surface area (Å²) in [6.07, 6.45) is 3.59. The van der Waals surface area contributed by atoms with Crippen LogP contribution in [0.15, 0.2) is 77.9 Å². The van der Waals surface area contributed by atoms with E-state index in [2.05, 4.69) is 33.0 Å². The summed E-state index contributed by atoms with van der Waals surface area (Å²) in [6, 6.07) is 22.1. The molecule has 3 aromatic rings. The first-order valence-corrected chi connectivity index (χ1v) is 17.0. The van der Waals surface area contributed by atoms with Gasteiger partial charge in [0.05, 0.1) is 57.2 Å². The van der Waals surface area contributed by atoms with Crippen molar-refractivity contribution in [3.05, 3.63) is 89.7 Å². The Labute approximate surface area is 309 Å². The number of hydrogen-bond acceptors (Lipinski definition) is 16. The summed E-state index contributed by atoms with van der Waals surface area (Å²) in [4.78, 5) is 13.8. The molecule has 0 amide bonds. The summed E-state index contributed by atoms with van der Waals surface area (Å²) in [5, 5.41) is 0. The van der Waals surface area contributed by atoms with Crippen molar-refractivity contribution < 1.29 is 72.0 Å². The Morgan fingerprint density at radius 1 is 0.633 bits per heavy atom. The molecule has 0 saturated carbocycles. The molecule has 0 bridgehead atoms. The number of nitrogens with two attached hydrogens (primary N) is 1. The van der Waals surface area contributed by atoms with Gasteiger partial charge < -0.3 is 19.9 Å². The van der Waals surface area contributed by atoms with E-state index in [-0.39, 0.29) is 27.3 Å². The summed E-state index contributed by atoms with van der Waals surface area (Å²) in [5.74, 6) is 0. The minimum atomic E-state index is -4.94. The van der Waals surface area contributed by atoms with Crippen molar-refractivity contribution >= 4 is 44.9 Å². The Morgan fingerprint density at radius 2 is 1.06 bits per heavy atom. The van der Waals surface area contributed by atoms with Crippen LogP contribution in [0, 0.1) is 20.5 Å². The van der Waals surface area contributed by atoms with Gasteiger partial charge in [0.1, 0.15) is 0 Å². The van der Waals surface area contributed by atoms with Crippen LogP contribution in [0.5, 0.6) is 0 Å². The van der Waals surface area contributed by atoms with E-state index in [9.17, 15) is 0 Å². The van der Waals surface area contributed by atoms with E-state index in [1.807, 2.05) is 54.7 Å². The van der Waals surface area contributed by atoms with Gasteiger partial charge in [0, 0.05) is 51.2 Å². The molecule has 49 heavy (non-hydrogen) atoms. The molecule has 1 aliphatic rings. The van der Waals surface area contributed by atoms with Crippen molar-refractivity contribution in [3.8, 4) is 0 Å². The molecule has 19 heteroatoms. The largest absolute Gasteiger partial charge is 2.00 e. The first kappa shape index (κ1) is 45.1. The minimum absolute atomic E-state index is 0. The molecule has 2 N–H and O–H groups in total. The van der Waals surface area contributed by atoms with Crippen molar-refractivity contribution in [2.24, 2.45) is 4.99 Å². The number of nitrogens with zero attached hydrogens (tertiary/aromatic N) is 4. The molecular weight excluding hydrogens is 884 g/mol. The third-order valence-electron chi connectivity index (χ3n) is 6.44. The summed E-state index contributed by atoms with van der Waals surface area (Å²) >= 11 is 0. The third kappa shape index (κ3) is 24.8. The molecule has 0 unspecified atom stereocenters. The molecule has 268 valence electrons. The van der Waals surface area contributed by atoms with Gasteiger partial charge in [-0.1, -0.05) is 42.5 Å². The predicted octanol–water partition coefficient (Wildman–Crippen LogP) is -6.11. The van der Waals surface area contributed by atoms with Crippen molar-refractivity contribution in [2.75, 3.05) is 71.6 Å². The number of hydrogen-bond donors (Lipinski definition) is 1. The average molecular weight is 924 g/mol. The molecule has 1 saturated heterocycles. The van der Waals surface area contributed by atoms with Gasteiger partial charge in [-0.3, -0.25) is 19.8 Å². The van der Waals surface area contributed by atoms with Gasteiger partial charge >= 0.3 is 27.3 Å². The number of benzene rings is 2. The molecule has 2 aromatic carbocycles. The fraction of sp³-hybridized carbons (Fsp3) is 0.400. The van der Waals surface area contributed by atoms with Crippen LogP contribution < -0.4 is 43.0 Å². The van der Waals surface area contributed by atoms with Gasteiger partial charge in [-0.15, -0.1) is 20.5 Å². The third-order valence-corrected chi connectivity index (χ3v) is 6.44. The first-order valence-electron chi connectivity index (χ1n) is 14.6. The maximum absolute atomic E-state index is 8.49. The molecular formula is C30H39Cl2N5O11Pb. The van der Waals surface area contributed by atoms with Crippen molar-refractivity contribution in [1.82, 2.24) is 14.8 Å². The van der Waals surface area contributed by atoms with E-state index in [4.69, 9.17) is 62.2 Å². The van der Waals surface area contributed by atoms with Crippen LogP contribution >= 0.6 is 0 Å². The Hall–Kier alpha value is -1.96. The van der Waals surface area contributed by atoms with Gasteiger partial charge in [-0.05, 0) is 35.4 Å². The number of aliphatic imine (C=N–C) groups is 1. The van der Waals surface area contributed by atoms with Gasteiger partial charge in [0.15, 0.2) is 0 Å². The molecule has 1 aromatic heterocycles. The smallest absolute Gasteiger partial charge is 0.398 e. The molecule has 1 aliphatic heterocycles. The van der Waals surface area contributed by atoms with Gasteiger partial charge in [-0.2, -0.15) is 0 Å². The second kappa shape index (κ2) is 25.1. The Bertz CT molecular complexity index is 1300. The van der Waals surface area contributed by atoms with Crippen molar-refractivity contribution in [2.45, 2.75) is 13.1 Å². The van der Waals surface area contributed by atoms with E-state index >= 15 is 0 Å². The standard InChI is InChI=1S/C30H39N5O3.2ClHO4.Pb/c31-29-10-3-1-7-26(29)24-34-13-17-36-18-14-35(16-20-38-22-21-37-19-15-34)25-27-8-2-4-11-30(27)33-23-28-9-5-6-12-32-28;2*2-1(3,4)5;/h1-12,23H,13-22,24-25,31H2;2*(H,2,3,4,5);/q;;;+2/p-2. The zero-order chi connectivity index (χ0) is 35.3. The predicted molar refractivity (Wildman–Crippen MR) is 158 cm³/mol. The van der Waals surface area contributed by atoms with Gasteiger partial charge in [-0.25, -0.2) is 37.3 Å². The number of nitrogen functional groups attached to an aromatic ring is 1. The number of pyridine rings is 1. The number of rotatable bonds is 6. The SMILES string of the molecule is Nc1ccccc1CN1CCOCCOCCN(Cc2ccccc2N=Cc2ccccn2)CCOCC1.[O-][Cl+3]([O-])([O-])[O-].[O-][Cl+3]([O-])([O-])[O-].[Pb+2]. The molecule has 16 nitrogen and oxygen atoms in total. The van der Waals surface area contributed by atoms with Crippen LogP contribution in [0.2, 0.25) is 0 Å². The van der Waals surface area contributed by atoms with Gasteiger partial charge in [0.2, 0.25) is 0 Å². The van der Waals surface area contributed by atoms with E-state index in [1.54, 1.807) is 6.20 Å². The quantitative estimate of drug-likeness (QED) is 0.137. The second-order valence-corrected chi connectivity index (χ2v) is 11.5. The number of para-hydroxylation sites is 2. The summed E-state index contributed by atoms with van der Waals surface area (Å²) in [5.41, 5.74) is 11.1. The van der Waals surface area contributed by atoms with Crippen LogP contribution in [0.4, 0.5) is 11.4 Å². The normalized spacial score (nSPS) is 16.2. The molecule has 2 heterocycles. The maximum atomic E-state index is 8.49. The van der Waals surface area contributed by atoms with Crippen LogP contribution in [-0.4, -0.2) is 114 Å². The zero-order valence-corrected chi connectivity index (χ0v) is 32.0. The number of anilines is 1. The molecule has 0 spiro atoms. The van der Waals surface area contributed by atoms with Crippen LogP contribution in [0.1, 0.15) is 16.8 Å². The summed E-state index contributed by atoms with van der Waals surface area (Å²) in [6.45, 7) is 8.56. The number of ether oxygens (including phenoxy) is 3. The molecule has 0 atom stereocenters. The number of halogens is 2. The van der Waals surface area contributed by atoms with Gasteiger partial charge in [0.25, 0.3) is 0 Å². The van der Waals surface area contributed by atoms with E-state index in [0.717, 1.165) is 67.5 Å². The van der Waals surface area contributed by atoms with Crippen LogP contribution in [0.3, 0.4) is 0 Å². The molecule has 0 aliphatic carbocycles. The second-order valence-electron chi connectivity index (χ2n) is 9.99. The fourth-order valence-electron chi connectivity index (χ4n) is 4.26. The van der Waals surface area contributed by atoms with E-state index < -0.39 is 20.5 Å². The Morgan fingerprint density at radius 3 is 1.55 bits per heavy atom. The van der Waals surface area contributed by atoms with E-state index in [1.165, 1.54) is 0 Å². The Kier molecular flexibility index (Phi) is 23.1. The molecule has 1 fully saturated rings. The average Bonchev–Trinajstić information content (AvgIpc) is 3.02. The van der Waals surface area contributed by atoms with E-state index in [0.29, 0.717) is 39.6 Å². The zero-order valence-electron chi connectivity index (χ0n) is 26.6. The Balaban J connectivity index is 0.000000958. The molecule has 4 rings (SSSR count). The first-order chi connectivity index (χ1) is 22.8. The van der Waals surface area contributed by atoms with Crippen molar-refractivity contribution in [3.63, 3.8) is 0 Å². The van der Waals surface area contributed by atoms with Crippen molar-refractivity contribution in [1.29, 1.82) is 0 Å².